The second kappa shape index (κ2) is 12.1. The number of hydrogen-bond donors (Lipinski definition) is 8. The lowest BCUT2D eigenvalue weighted by Gasteiger charge is -2.68. The van der Waals surface area contributed by atoms with Gasteiger partial charge in [-0.15, -0.1) is 0 Å². The van der Waals surface area contributed by atoms with Gasteiger partial charge in [-0.1, -0.05) is 27.7 Å². The van der Waals surface area contributed by atoms with E-state index in [9.17, 15) is 28.2 Å². The summed E-state index contributed by atoms with van der Waals surface area (Å²) >= 11 is 0. The van der Waals surface area contributed by atoms with Gasteiger partial charge in [0.05, 0.1) is 11.2 Å². The average Bonchev–Trinajstić information content (AvgIpc) is 2.56. The summed E-state index contributed by atoms with van der Waals surface area (Å²) in [7, 11) is -2.17. The van der Waals surface area contributed by atoms with E-state index in [1.807, 2.05) is 13.8 Å². The molecular formula is C18H35BF3NO9. The Morgan fingerprint density at radius 1 is 1.09 bits per heavy atom. The molecule has 3 aliphatic carbocycles. The summed E-state index contributed by atoms with van der Waals surface area (Å²) in [5, 5.41) is 57.2. The Kier molecular flexibility index (Phi) is 12.4. The lowest BCUT2D eigenvalue weighted by atomic mass is 9.41. The molecule has 32 heavy (non-hydrogen) atoms. The number of carboxylic acid groups (broad SMARTS) is 2. The zero-order valence-corrected chi connectivity index (χ0v) is 18.8. The van der Waals surface area contributed by atoms with Crippen molar-refractivity contribution >= 4 is 19.3 Å². The van der Waals surface area contributed by atoms with Gasteiger partial charge in [0.1, 0.15) is 6.04 Å². The van der Waals surface area contributed by atoms with Crippen molar-refractivity contribution in [3.8, 4) is 0 Å². The first kappa shape index (κ1) is 32.7. The minimum absolute atomic E-state index is 0.0885. The molecule has 0 amide bonds. The van der Waals surface area contributed by atoms with Crippen molar-refractivity contribution in [2.75, 3.05) is 0 Å². The maximum Gasteiger partial charge on any atom is 0.631 e. The van der Waals surface area contributed by atoms with Crippen molar-refractivity contribution in [3.05, 3.63) is 0 Å². The lowest BCUT2D eigenvalue weighted by molar-refractivity contribution is -0.312. The Labute approximate surface area is 185 Å². The molecule has 3 aliphatic rings. The van der Waals surface area contributed by atoms with Gasteiger partial charge in [0.25, 0.3) is 0 Å². The standard InChI is InChI=1S/C10H18O2.C6H13NO2.C2HF3O2.BH3O3/c1-8(2)7-4-5-9(3,11)10(8,12)6-7;1-4(2)3-5(7)6(8)9;3-2(4,5)1(6)7;2-1(3)4/h7,11-12H,4-6H2,1-3H3;4-5H,3,7H2,1-2H3,(H,8,9);(H,6,7);2-4H. The summed E-state index contributed by atoms with van der Waals surface area (Å²) in [6.07, 6.45) is -1.94. The molecule has 0 aliphatic heterocycles. The molecule has 2 bridgehead atoms. The van der Waals surface area contributed by atoms with E-state index in [1.54, 1.807) is 6.92 Å². The molecule has 0 spiro atoms. The second-order valence-electron chi connectivity index (χ2n) is 9.02. The number of carboxylic acids is 2. The fourth-order valence-corrected chi connectivity index (χ4v) is 3.73. The maximum atomic E-state index is 10.6. The van der Waals surface area contributed by atoms with Crippen LogP contribution in [0.2, 0.25) is 0 Å². The van der Waals surface area contributed by atoms with E-state index in [0.29, 0.717) is 18.3 Å². The number of halogens is 3. The molecule has 14 heteroatoms. The summed E-state index contributed by atoms with van der Waals surface area (Å²) in [6, 6.07) is -0.690. The van der Waals surface area contributed by atoms with E-state index < -0.39 is 42.7 Å². The Balaban J connectivity index is 0. The van der Waals surface area contributed by atoms with Crippen LogP contribution in [0.25, 0.3) is 0 Å². The lowest BCUT2D eigenvalue weighted by Crippen LogP contribution is -2.74. The van der Waals surface area contributed by atoms with E-state index in [1.165, 1.54) is 0 Å². The van der Waals surface area contributed by atoms with Crippen molar-refractivity contribution in [2.24, 2.45) is 23.0 Å². The van der Waals surface area contributed by atoms with Crippen molar-refractivity contribution in [3.63, 3.8) is 0 Å². The van der Waals surface area contributed by atoms with Crippen LogP contribution in [0.15, 0.2) is 0 Å². The molecule has 0 aromatic rings. The van der Waals surface area contributed by atoms with E-state index in [2.05, 4.69) is 13.8 Å². The van der Waals surface area contributed by atoms with Gasteiger partial charge in [-0.05, 0) is 49.9 Å². The van der Waals surface area contributed by atoms with Crippen LogP contribution < -0.4 is 5.73 Å². The van der Waals surface area contributed by atoms with Gasteiger partial charge in [0.15, 0.2) is 0 Å². The number of alkyl halides is 3. The van der Waals surface area contributed by atoms with Crippen molar-refractivity contribution in [1.29, 1.82) is 0 Å². The first-order valence-corrected chi connectivity index (χ1v) is 9.80. The third-order valence-corrected chi connectivity index (χ3v) is 5.78. The number of hydrogen-bond acceptors (Lipinski definition) is 8. The van der Waals surface area contributed by atoms with Gasteiger partial charge < -0.3 is 41.2 Å². The molecule has 0 heterocycles. The van der Waals surface area contributed by atoms with Crippen LogP contribution in [0.3, 0.4) is 0 Å². The molecule has 3 saturated carbocycles. The minimum atomic E-state index is -5.08. The van der Waals surface area contributed by atoms with Crippen molar-refractivity contribution in [1.82, 2.24) is 0 Å². The molecule has 3 rings (SSSR count). The van der Waals surface area contributed by atoms with Crippen molar-refractivity contribution < 1.29 is 58.3 Å². The van der Waals surface area contributed by atoms with Crippen LogP contribution in [0.1, 0.15) is 60.3 Å². The monoisotopic (exact) mass is 477 g/mol. The van der Waals surface area contributed by atoms with E-state index in [0.717, 1.165) is 19.3 Å². The molecular weight excluding hydrogens is 442 g/mol. The van der Waals surface area contributed by atoms with Gasteiger partial charge in [-0.2, -0.15) is 13.2 Å². The molecule has 0 radical (unpaired) electrons. The Bertz CT molecular complexity index is 602. The topological polar surface area (TPSA) is 202 Å². The summed E-state index contributed by atoms with van der Waals surface area (Å²) in [5.74, 6) is -2.70. The molecule has 0 saturated heterocycles. The minimum Gasteiger partial charge on any atom is -0.480 e. The highest BCUT2D eigenvalue weighted by Crippen LogP contribution is 2.65. The SMILES string of the molecule is CC(C)CC(N)C(=O)O.CC1(O)CCC2CC1(O)C2(C)C.O=C(O)C(F)(F)F.OB(O)O. The second-order valence-corrected chi connectivity index (χ2v) is 9.02. The molecule has 190 valence electrons. The predicted molar refractivity (Wildman–Crippen MR) is 108 cm³/mol. The van der Waals surface area contributed by atoms with Gasteiger partial charge in [-0.25, -0.2) is 4.79 Å². The molecule has 0 aromatic heterocycles. The Morgan fingerprint density at radius 3 is 1.62 bits per heavy atom. The number of aliphatic hydroxyl groups is 2. The molecule has 4 atom stereocenters. The number of fused-ring (bicyclic) bond motifs is 2. The van der Waals surface area contributed by atoms with Gasteiger partial charge in [0.2, 0.25) is 0 Å². The highest BCUT2D eigenvalue weighted by atomic mass is 19.4. The average molecular weight is 477 g/mol. The number of rotatable bonds is 3. The highest BCUT2D eigenvalue weighted by Gasteiger charge is 2.69. The first-order chi connectivity index (χ1) is 14.0. The largest absolute Gasteiger partial charge is 0.631 e. The third kappa shape index (κ3) is 9.59. The molecule has 0 aromatic carbocycles. The van der Waals surface area contributed by atoms with E-state index in [4.69, 9.17) is 35.8 Å². The quantitative estimate of drug-likeness (QED) is 0.262. The van der Waals surface area contributed by atoms with Gasteiger partial charge >= 0.3 is 25.4 Å². The molecule has 4 unspecified atom stereocenters. The van der Waals surface area contributed by atoms with Crippen LogP contribution in [0.4, 0.5) is 13.2 Å². The Morgan fingerprint density at radius 2 is 1.47 bits per heavy atom. The Hall–Kier alpha value is -1.45. The summed E-state index contributed by atoms with van der Waals surface area (Å²) < 4.78 is 31.7. The van der Waals surface area contributed by atoms with E-state index >= 15 is 0 Å². The van der Waals surface area contributed by atoms with Crippen LogP contribution in [-0.4, -0.2) is 78.2 Å². The predicted octanol–water partition coefficient (Wildman–Crippen LogP) is 0.334. The number of nitrogens with two attached hydrogens (primary N) is 1. The van der Waals surface area contributed by atoms with Crippen LogP contribution in [0, 0.1) is 17.3 Å². The summed E-state index contributed by atoms with van der Waals surface area (Å²) in [4.78, 5) is 19.0. The van der Waals surface area contributed by atoms with Gasteiger partial charge in [-0.3, -0.25) is 4.79 Å². The summed E-state index contributed by atoms with van der Waals surface area (Å²) in [5.41, 5.74) is 3.43. The molecule has 10 nitrogen and oxygen atoms in total. The molecule has 9 N–H and O–H groups in total. The van der Waals surface area contributed by atoms with E-state index in [-0.39, 0.29) is 5.41 Å². The fourth-order valence-electron chi connectivity index (χ4n) is 3.73. The first-order valence-electron chi connectivity index (χ1n) is 9.80. The van der Waals surface area contributed by atoms with Crippen LogP contribution in [-0.2, 0) is 9.59 Å². The maximum absolute atomic E-state index is 10.6. The highest BCUT2D eigenvalue weighted by molar-refractivity contribution is 6.30. The smallest absolute Gasteiger partial charge is 0.480 e. The normalized spacial score (nSPS) is 28.3. The number of aliphatic carboxylic acids is 2. The third-order valence-electron chi connectivity index (χ3n) is 5.78. The van der Waals surface area contributed by atoms with Gasteiger partial charge in [0, 0.05) is 0 Å². The number of carbonyl (C=O) groups is 2. The van der Waals surface area contributed by atoms with Crippen LogP contribution >= 0.6 is 0 Å². The zero-order chi connectivity index (χ0) is 26.3. The van der Waals surface area contributed by atoms with Crippen LogP contribution in [0.5, 0.6) is 0 Å². The van der Waals surface area contributed by atoms with Crippen molar-refractivity contribution in [2.45, 2.75) is 83.7 Å². The molecule has 3 fully saturated rings. The zero-order valence-electron chi connectivity index (χ0n) is 18.8. The fraction of sp³-hybridized carbons (Fsp3) is 0.889. The summed E-state index contributed by atoms with van der Waals surface area (Å²) in [6.45, 7) is 9.79.